The number of hydrogen-bond acceptors (Lipinski definition) is 1. The molecule has 0 saturated heterocycles. The van der Waals surface area contributed by atoms with Crippen LogP contribution in [0.25, 0.3) is 22.0 Å². The topological polar surface area (TPSA) is 12.9 Å². The fraction of sp³-hybridized carbons (Fsp3) is 0.348. The Morgan fingerprint density at radius 2 is 1.42 bits per heavy atom. The van der Waals surface area contributed by atoms with E-state index in [2.05, 4.69) is 84.1 Å². The molecule has 0 spiro atoms. The summed E-state index contributed by atoms with van der Waals surface area (Å²) in [5.74, 6) is 0.967. The highest BCUT2D eigenvalue weighted by Gasteiger charge is 2.16. The van der Waals surface area contributed by atoms with Gasteiger partial charge in [-0.15, -0.1) is 0 Å². The first-order chi connectivity index (χ1) is 11.4. The molecule has 1 heteroatoms. The second-order valence-corrected chi connectivity index (χ2v) is 7.52. The molecule has 0 unspecified atom stereocenters. The zero-order valence-corrected chi connectivity index (χ0v) is 15.6. The molecular weight excluding hydrogens is 290 g/mol. The molecule has 1 nitrogen and oxygen atoms in total. The Hall–Kier alpha value is -2.15. The minimum atomic E-state index is 0.466. The second-order valence-electron chi connectivity index (χ2n) is 7.52. The molecule has 124 valence electrons. The largest absolute Gasteiger partial charge is 0.255 e. The predicted octanol–water partition coefficient (Wildman–Crippen LogP) is 6.77. The number of rotatable bonds is 3. The van der Waals surface area contributed by atoms with Crippen molar-refractivity contribution < 1.29 is 0 Å². The highest BCUT2D eigenvalue weighted by atomic mass is 14.7. The summed E-state index contributed by atoms with van der Waals surface area (Å²) in [5, 5.41) is 2.67. The third kappa shape index (κ3) is 2.96. The summed E-state index contributed by atoms with van der Waals surface area (Å²) in [5.41, 5.74) is 7.66. The van der Waals surface area contributed by atoms with Crippen molar-refractivity contribution in [3.05, 3.63) is 64.8 Å². The van der Waals surface area contributed by atoms with Gasteiger partial charge in [0, 0.05) is 17.1 Å². The van der Waals surface area contributed by atoms with Crippen LogP contribution in [0.4, 0.5) is 0 Å². The number of hydrogen-bond donors (Lipinski definition) is 0. The normalized spacial score (nSPS) is 11.7. The summed E-state index contributed by atoms with van der Waals surface area (Å²) in [6.07, 6.45) is 2.09. The van der Waals surface area contributed by atoms with E-state index in [-0.39, 0.29) is 0 Å². The quantitative estimate of drug-likeness (QED) is 0.519. The number of benzene rings is 2. The van der Waals surface area contributed by atoms with E-state index in [1.54, 1.807) is 0 Å². The Kier molecular flexibility index (Phi) is 4.45. The molecule has 3 rings (SSSR count). The average molecular weight is 317 g/mol. The maximum atomic E-state index is 4.88. The van der Waals surface area contributed by atoms with Gasteiger partial charge in [-0.05, 0) is 54.3 Å². The van der Waals surface area contributed by atoms with Crippen LogP contribution in [0.1, 0.15) is 61.8 Å². The molecule has 0 aliphatic heterocycles. The van der Waals surface area contributed by atoms with Crippen LogP contribution in [0.5, 0.6) is 0 Å². The van der Waals surface area contributed by atoms with Gasteiger partial charge < -0.3 is 0 Å². The average Bonchev–Trinajstić information content (AvgIpc) is 2.51. The molecule has 0 fully saturated rings. The lowest BCUT2D eigenvalue weighted by Crippen LogP contribution is -2.00. The lowest BCUT2D eigenvalue weighted by atomic mass is 9.88. The molecular formula is C23H27N. The number of nitrogens with zero attached hydrogens (tertiary/aromatic N) is 1. The number of aromatic nitrogens is 1. The summed E-state index contributed by atoms with van der Waals surface area (Å²) in [4.78, 5) is 4.88. The molecule has 0 saturated carbocycles. The van der Waals surface area contributed by atoms with Gasteiger partial charge in [0.1, 0.15) is 0 Å². The Bertz CT molecular complexity index is 853. The van der Waals surface area contributed by atoms with Gasteiger partial charge in [-0.3, -0.25) is 4.98 Å². The summed E-state index contributed by atoms with van der Waals surface area (Å²) >= 11 is 0. The van der Waals surface area contributed by atoms with E-state index in [0.717, 1.165) is 5.69 Å². The van der Waals surface area contributed by atoms with E-state index in [1.165, 1.54) is 38.6 Å². The molecule has 0 aliphatic rings. The fourth-order valence-electron chi connectivity index (χ4n) is 3.62. The van der Waals surface area contributed by atoms with Crippen molar-refractivity contribution in [2.24, 2.45) is 0 Å². The molecule has 0 atom stereocenters. The fourth-order valence-corrected chi connectivity index (χ4v) is 3.62. The van der Waals surface area contributed by atoms with Crippen molar-refractivity contribution in [2.45, 2.75) is 53.4 Å². The van der Waals surface area contributed by atoms with Crippen LogP contribution in [-0.4, -0.2) is 4.98 Å². The molecule has 2 aromatic carbocycles. The lowest BCUT2D eigenvalue weighted by molar-refractivity contribution is 0.849. The Morgan fingerprint density at radius 3 is 2.00 bits per heavy atom. The van der Waals surface area contributed by atoms with Gasteiger partial charge in [0.15, 0.2) is 0 Å². The van der Waals surface area contributed by atoms with Gasteiger partial charge in [0.2, 0.25) is 0 Å². The van der Waals surface area contributed by atoms with Gasteiger partial charge in [-0.1, -0.05) is 63.1 Å². The van der Waals surface area contributed by atoms with Gasteiger partial charge in [0.25, 0.3) is 0 Å². The standard InChI is InChI=1S/C23H27N/c1-14(2)19-8-7-9-20-22(19)21(15(3)4)13-24-23(20)18-11-16(5)10-17(6)12-18/h7-15H,1-6H3. The second kappa shape index (κ2) is 6.39. The van der Waals surface area contributed by atoms with Gasteiger partial charge in [-0.25, -0.2) is 0 Å². The zero-order chi connectivity index (χ0) is 17.4. The van der Waals surface area contributed by atoms with Crippen molar-refractivity contribution >= 4 is 10.8 Å². The molecule has 0 aliphatic carbocycles. The van der Waals surface area contributed by atoms with Crippen LogP contribution >= 0.6 is 0 Å². The highest BCUT2D eigenvalue weighted by molar-refractivity contribution is 5.99. The molecule has 0 bridgehead atoms. The monoisotopic (exact) mass is 317 g/mol. The third-order valence-corrected chi connectivity index (χ3v) is 4.71. The van der Waals surface area contributed by atoms with E-state index >= 15 is 0 Å². The summed E-state index contributed by atoms with van der Waals surface area (Å²) in [7, 11) is 0. The van der Waals surface area contributed by atoms with E-state index in [9.17, 15) is 0 Å². The van der Waals surface area contributed by atoms with Gasteiger partial charge >= 0.3 is 0 Å². The molecule has 1 heterocycles. The first kappa shape index (κ1) is 16.7. The van der Waals surface area contributed by atoms with Gasteiger partial charge in [-0.2, -0.15) is 0 Å². The van der Waals surface area contributed by atoms with E-state index in [1.807, 2.05) is 0 Å². The Morgan fingerprint density at radius 1 is 0.792 bits per heavy atom. The molecule has 0 radical (unpaired) electrons. The van der Waals surface area contributed by atoms with E-state index in [4.69, 9.17) is 4.98 Å². The van der Waals surface area contributed by atoms with Crippen LogP contribution < -0.4 is 0 Å². The van der Waals surface area contributed by atoms with Crippen LogP contribution in [0.2, 0.25) is 0 Å². The minimum Gasteiger partial charge on any atom is -0.255 e. The van der Waals surface area contributed by atoms with Crippen molar-refractivity contribution in [3.63, 3.8) is 0 Å². The number of fused-ring (bicyclic) bond motifs is 1. The Balaban J connectivity index is 2.39. The molecule has 0 N–H and O–H groups in total. The van der Waals surface area contributed by atoms with E-state index < -0.39 is 0 Å². The van der Waals surface area contributed by atoms with Crippen LogP contribution in [0.3, 0.4) is 0 Å². The zero-order valence-electron chi connectivity index (χ0n) is 15.6. The van der Waals surface area contributed by atoms with Gasteiger partial charge in [0.05, 0.1) is 5.69 Å². The number of aryl methyl sites for hydroxylation is 2. The SMILES string of the molecule is Cc1cc(C)cc(-c2ncc(C(C)C)c3c(C(C)C)cccc23)c1. The smallest absolute Gasteiger partial charge is 0.0780 e. The summed E-state index contributed by atoms with van der Waals surface area (Å²) < 4.78 is 0. The molecule has 24 heavy (non-hydrogen) atoms. The van der Waals surface area contributed by atoms with Crippen molar-refractivity contribution in [1.82, 2.24) is 4.98 Å². The van der Waals surface area contributed by atoms with Crippen LogP contribution in [0.15, 0.2) is 42.6 Å². The van der Waals surface area contributed by atoms with Crippen molar-refractivity contribution in [1.29, 1.82) is 0 Å². The van der Waals surface area contributed by atoms with Crippen molar-refractivity contribution in [2.75, 3.05) is 0 Å². The molecule has 1 aromatic heterocycles. The number of pyridine rings is 1. The Labute approximate surface area is 145 Å². The third-order valence-electron chi connectivity index (χ3n) is 4.71. The maximum Gasteiger partial charge on any atom is 0.0780 e. The molecule has 0 amide bonds. The minimum absolute atomic E-state index is 0.466. The maximum absolute atomic E-state index is 4.88. The molecule has 3 aromatic rings. The van der Waals surface area contributed by atoms with Crippen molar-refractivity contribution in [3.8, 4) is 11.3 Å². The summed E-state index contributed by atoms with van der Waals surface area (Å²) in [6, 6.07) is 13.4. The van der Waals surface area contributed by atoms with E-state index in [0.29, 0.717) is 11.8 Å². The first-order valence-electron chi connectivity index (χ1n) is 8.88. The predicted molar refractivity (Wildman–Crippen MR) is 105 cm³/mol. The van der Waals surface area contributed by atoms with Crippen LogP contribution in [-0.2, 0) is 0 Å². The lowest BCUT2D eigenvalue weighted by Gasteiger charge is -2.18. The van der Waals surface area contributed by atoms with Crippen LogP contribution in [0, 0.1) is 13.8 Å². The first-order valence-corrected chi connectivity index (χ1v) is 8.88. The summed E-state index contributed by atoms with van der Waals surface area (Å²) in [6.45, 7) is 13.4. The highest BCUT2D eigenvalue weighted by Crippen LogP contribution is 2.36.